The molecule has 0 aromatic carbocycles. The molecule has 3 aliphatic rings. The van der Waals surface area contributed by atoms with Gasteiger partial charge in [0.1, 0.15) is 48.8 Å². The molecule has 17 heteroatoms. The summed E-state index contributed by atoms with van der Waals surface area (Å²) in [5.41, 5.74) is 29.7. The predicted octanol–water partition coefficient (Wildman–Crippen LogP) is -6.55. The van der Waals surface area contributed by atoms with E-state index in [4.69, 9.17) is 52.4 Å². The highest BCUT2D eigenvalue weighted by Crippen LogP contribution is 2.32. The second-order valence-electron chi connectivity index (χ2n) is 11.3. The van der Waals surface area contributed by atoms with Gasteiger partial charge in [-0.15, -0.1) is 0 Å². The molecule has 42 heavy (non-hydrogen) atoms. The first-order chi connectivity index (χ1) is 20.1. The molecule has 2 aliphatic heterocycles. The molecule has 3 fully saturated rings. The molecule has 3 rings (SSSR count). The van der Waals surface area contributed by atoms with Crippen molar-refractivity contribution in [2.24, 2.45) is 28.7 Å². The lowest BCUT2D eigenvalue weighted by Crippen LogP contribution is -2.68. The van der Waals surface area contributed by atoms with Gasteiger partial charge in [0.2, 0.25) is 0 Å². The molecule has 17 nitrogen and oxygen atoms in total. The standard InChI is InChI=1S/C25H52N6O11/c26-4-2-1-3-11(9-32)31-5-6-38-22-15(10-33)40-25(20(22)37)42-23-17(34)12(28)7-13(29)21(23)41-24-16(30)19(36)18(35)14(8-27)39-24/h11-25,31-37H,1-10,26-30H2/t11-,12+,13-,14+,15+,16+,17-,18+,19+,20+,21+,22+,23+,24+,25-/m0/s1. The molecule has 15 atom stereocenters. The van der Waals surface area contributed by atoms with Crippen LogP contribution in [0.25, 0.3) is 0 Å². The normalized spacial score (nSPS) is 43.5. The van der Waals surface area contributed by atoms with Gasteiger partial charge in [0.05, 0.1) is 32.0 Å². The van der Waals surface area contributed by atoms with E-state index in [1.54, 1.807) is 0 Å². The molecule has 1 aliphatic carbocycles. The lowest BCUT2D eigenvalue weighted by atomic mass is 9.84. The Balaban J connectivity index is 1.63. The van der Waals surface area contributed by atoms with Gasteiger partial charge in [-0.2, -0.15) is 0 Å². The molecular formula is C25H52N6O11. The van der Waals surface area contributed by atoms with E-state index in [-0.39, 0.29) is 32.2 Å². The highest BCUT2D eigenvalue weighted by Gasteiger charge is 2.52. The molecule has 0 amide bonds. The summed E-state index contributed by atoms with van der Waals surface area (Å²) in [5.74, 6) is 0. The second kappa shape index (κ2) is 17.1. The first-order valence-electron chi connectivity index (χ1n) is 14.7. The Morgan fingerprint density at radius 2 is 1.48 bits per heavy atom. The number of hydrogen-bond donors (Lipinski definition) is 12. The number of nitrogens with one attached hydrogen (secondary N) is 1. The minimum absolute atomic E-state index is 0.0463. The Morgan fingerprint density at radius 1 is 0.786 bits per heavy atom. The maximum atomic E-state index is 11.0. The summed E-state index contributed by atoms with van der Waals surface area (Å²) in [7, 11) is 0. The van der Waals surface area contributed by atoms with E-state index in [0.717, 1.165) is 19.3 Å². The molecule has 0 aromatic rings. The highest BCUT2D eigenvalue weighted by atomic mass is 16.7. The van der Waals surface area contributed by atoms with Crippen molar-refractivity contribution >= 4 is 0 Å². The Kier molecular flexibility index (Phi) is 14.6. The summed E-state index contributed by atoms with van der Waals surface area (Å²) in [6.07, 6.45) is -10.6. The summed E-state index contributed by atoms with van der Waals surface area (Å²) in [6, 6.07) is -2.88. The van der Waals surface area contributed by atoms with E-state index in [2.05, 4.69) is 5.32 Å². The number of ether oxygens (including phenoxy) is 5. The summed E-state index contributed by atoms with van der Waals surface area (Å²) in [5, 5.41) is 65.1. The average molecular weight is 613 g/mol. The Labute approximate surface area is 245 Å². The van der Waals surface area contributed by atoms with Crippen LogP contribution < -0.4 is 34.0 Å². The number of unbranched alkanes of at least 4 members (excludes halogenated alkanes) is 1. The van der Waals surface area contributed by atoms with Gasteiger partial charge >= 0.3 is 0 Å². The molecule has 248 valence electrons. The van der Waals surface area contributed by atoms with E-state index in [1.165, 1.54) is 0 Å². The third kappa shape index (κ3) is 8.73. The fraction of sp³-hybridized carbons (Fsp3) is 1.00. The van der Waals surface area contributed by atoms with Crippen molar-refractivity contribution in [3.8, 4) is 0 Å². The summed E-state index contributed by atoms with van der Waals surface area (Å²) >= 11 is 0. The van der Waals surface area contributed by atoms with Gasteiger partial charge in [0.25, 0.3) is 0 Å². The van der Waals surface area contributed by atoms with E-state index >= 15 is 0 Å². The van der Waals surface area contributed by atoms with E-state index < -0.39 is 92.2 Å². The van der Waals surface area contributed by atoms with Crippen LogP contribution in [0.15, 0.2) is 0 Å². The minimum Gasteiger partial charge on any atom is -0.395 e. The molecule has 0 radical (unpaired) electrons. The zero-order valence-corrected chi connectivity index (χ0v) is 23.8. The molecule has 0 spiro atoms. The number of rotatable bonds is 16. The average Bonchev–Trinajstić information content (AvgIpc) is 3.28. The zero-order chi connectivity index (χ0) is 31.0. The van der Waals surface area contributed by atoms with Gasteiger partial charge in [0, 0.05) is 31.2 Å². The van der Waals surface area contributed by atoms with Crippen molar-refractivity contribution < 1.29 is 54.3 Å². The molecule has 2 heterocycles. The van der Waals surface area contributed by atoms with Crippen molar-refractivity contribution in [3.63, 3.8) is 0 Å². The first kappa shape index (κ1) is 35.8. The number of hydrogen-bond acceptors (Lipinski definition) is 17. The van der Waals surface area contributed by atoms with Gasteiger partial charge < -0.3 is 88.3 Å². The third-order valence-corrected chi connectivity index (χ3v) is 8.17. The van der Waals surface area contributed by atoms with Crippen LogP contribution in [0.2, 0.25) is 0 Å². The Morgan fingerprint density at radius 3 is 2.12 bits per heavy atom. The third-order valence-electron chi connectivity index (χ3n) is 8.17. The molecular weight excluding hydrogens is 560 g/mol. The minimum atomic E-state index is -1.40. The smallest absolute Gasteiger partial charge is 0.187 e. The van der Waals surface area contributed by atoms with Crippen LogP contribution in [-0.4, -0.2) is 162 Å². The molecule has 2 saturated heterocycles. The van der Waals surface area contributed by atoms with Crippen LogP contribution in [0.5, 0.6) is 0 Å². The maximum absolute atomic E-state index is 11.0. The van der Waals surface area contributed by atoms with Crippen LogP contribution in [0.4, 0.5) is 0 Å². The lowest BCUT2D eigenvalue weighted by molar-refractivity contribution is -0.306. The van der Waals surface area contributed by atoms with Crippen molar-refractivity contribution in [3.05, 3.63) is 0 Å². The van der Waals surface area contributed by atoms with Gasteiger partial charge in [-0.3, -0.25) is 0 Å². The first-order valence-corrected chi connectivity index (χ1v) is 14.7. The van der Waals surface area contributed by atoms with Gasteiger partial charge in [-0.05, 0) is 25.8 Å². The molecule has 1 saturated carbocycles. The summed E-state index contributed by atoms with van der Waals surface area (Å²) in [6.45, 7) is 0.446. The Hall–Kier alpha value is -0.680. The lowest BCUT2D eigenvalue weighted by Gasteiger charge is -2.47. The van der Waals surface area contributed by atoms with Crippen molar-refractivity contribution in [1.82, 2.24) is 5.32 Å². The topological polar surface area (TPSA) is 310 Å². The largest absolute Gasteiger partial charge is 0.395 e. The van der Waals surface area contributed by atoms with Gasteiger partial charge in [-0.1, -0.05) is 6.42 Å². The van der Waals surface area contributed by atoms with Crippen molar-refractivity contribution in [1.29, 1.82) is 0 Å². The fourth-order valence-corrected chi connectivity index (χ4v) is 5.61. The van der Waals surface area contributed by atoms with Crippen LogP contribution in [0.1, 0.15) is 25.7 Å². The molecule has 17 N–H and O–H groups in total. The van der Waals surface area contributed by atoms with E-state index in [1.807, 2.05) is 0 Å². The Bertz CT molecular complexity index is 778. The predicted molar refractivity (Wildman–Crippen MR) is 147 cm³/mol. The molecule has 0 unspecified atom stereocenters. The zero-order valence-electron chi connectivity index (χ0n) is 23.8. The number of aliphatic hydroxyl groups excluding tert-OH is 6. The van der Waals surface area contributed by atoms with Crippen LogP contribution in [0, 0.1) is 0 Å². The van der Waals surface area contributed by atoms with Crippen molar-refractivity contribution in [2.45, 2.75) is 117 Å². The van der Waals surface area contributed by atoms with Gasteiger partial charge in [-0.25, -0.2) is 0 Å². The molecule has 0 aromatic heterocycles. The SMILES string of the molecule is NCCCC[C@@H](CO)NCCO[C@H]1[C@@H](O)[C@H](O[C@@H]2[C@@H](O)[C@H](N)C[C@H](N)[C@H]2O[C@H]2O[C@H](CN)[C@@H](O)[C@H](O)[C@H]2N)O[C@@H]1CO. The number of nitrogens with two attached hydrogens (primary N) is 5. The monoisotopic (exact) mass is 612 g/mol. The summed E-state index contributed by atoms with van der Waals surface area (Å²) < 4.78 is 29.2. The highest BCUT2D eigenvalue weighted by molar-refractivity contribution is 5.01. The van der Waals surface area contributed by atoms with E-state index in [9.17, 15) is 30.6 Å². The van der Waals surface area contributed by atoms with Crippen molar-refractivity contribution in [2.75, 3.05) is 39.5 Å². The summed E-state index contributed by atoms with van der Waals surface area (Å²) in [4.78, 5) is 0. The second-order valence-corrected chi connectivity index (χ2v) is 11.3. The fourth-order valence-electron chi connectivity index (χ4n) is 5.61. The quantitative estimate of drug-likeness (QED) is 0.0721. The maximum Gasteiger partial charge on any atom is 0.187 e. The number of aliphatic hydroxyl groups is 6. The van der Waals surface area contributed by atoms with E-state index in [0.29, 0.717) is 13.1 Å². The van der Waals surface area contributed by atoms with Crippen LogP contribution in [0.3, 0.4) is 0 Å². The molecule has 0 bridgehead atoms. The van der Waals surface area contributed by atoms with Gasteiger partial charge in [0.15, 0.2) is 12.6 Å². The van der Waals surface area contributed by atoms with Crippen LogP contribution >= 0.6 is 0 Å². The van der Waals surface area contributed by atoms with Crippen LogP contribution in [-0.2, 0) is 23.7 Å².